The molecule has 7 heteroatoms. The normalized spacial score (nSPS) is 12.7. The van der Waals surface area contributed by atoms with Gasteiger partial charge in [-0.25, -0.2) is 4.79 Å². The van der Waals surface area contributed by atoms with Crippen molar-refractivity contribution in [2.24, 2.45) is 0 Å². The van der Waals surface area contributed by atoms with E-state index in [2.05, 4.69) is 4.74 Å². The van der Waals surface area contributed by atoms with Gasteiger partial charge in [-0.1, -0.05) is 0 Å². The summed E-state index contributed by atoms with van der Waals surface area (Å²) in [6.45, 7) is 1.49. The maximum absolute atomic E-state index is 12.3. The molecule has 0 fully saturated rings. The first-order valence-electron chi connectivity index (χ1n) is 5.69. The Hall–Kier alpha value is -2.05. The zero-order valence-electron chi connectivity index (χ0n) is 10.9. The van der Waals surface area contributed by atoms with Crippen LogP contribution in [-0.2, 0) is 20.4 Å². The Bertz CT molecular complexity index is 479. The molecule has 110 valence electrons. The van der Waals surface area contributed by atoms with Gasteiger partial charge in [0, 0.05) is 0 Å². The highest BCUT2D eigenvalue weighted by molar-refractivity contribution is 5.89. The van der Waals surface area contributed by atoms with Gasteiger partial charge < -0.3 is 9.47 Å². The molecule has 0 radical (unpaired) electrons. The molecule has 0 saturated carbocycles. The summed E-state index contributed by atoms with van der Waals surface area (Å²) in [5.41, 5.74) is -0.869. The summed E-state index contributed by atoms with van der Waals surface area (Å²) >= 11 is 0. The molecule has 0 amide bonds. The number of alkyl halides is 3. The Kier molecular flexibility index (Phi) is 5.12. The number of rotatable bonds is 4. The Labute approximate surface area is 113 Å². The standard InChI is InChI=1S/C13H13F3O4/c1-8(7-11(17)19-2)20-12(18)9-3-5-10(6-4-9)13(14,15)16/h3-6,8H,7H2,1-2H3. The van der Waals surface area contributed by atoms with Crippen molar-refractivity contribution in [3.63, 3.8) is 0 Å². The highest BCUT2D eigenvalue weighted by atomic mass is 19.4. The van der Waals surface area contributed by atoms with E-state index in [1.54, 1.807) is 0 Å². The number of esters is 2. The molecule has 0 spiro atoms. The van der Waals surface area contributed by atoms with Gasteiger partial charge in [0.05, 0.1) is 24.7 Å². The van der Waals surface area contributed by atoms with Crippen molar-refractivity contribution in [3.05, 3.63) is 35.4 Å². The maximum Gasteiger partial charge on any atom is 0.416 e. The topological polar surface area (TPSA) is 52.6 Å². The number of halogens is 3. The predicted molar refractivity (Wildman–Crippen MR) is 63.0 cm³/mol. The molecule has 4 nitrogen and oxygen atoms in total. The Morgan fingerprint density at radius 3 is 2.20 bits per heavy atom. The summed E-state index contributed by atoms with van der Waals surface area (Å²) in [5.74, 6) is -1.34. The van der Waals surface area contributed by atoms with Crippen molar-refractivity contribution in [1.29, 1.82) is 0 Å². The number of ether oxygens (including phenoxy) is 2. The molecule has 0 aromatic heterocycles. The first kappa shape index (κ1) is 16.0. The zero-order valence-corrected chi connectivity index (χ0v) is 10.9. The molecule has 0 N–H and O–H groups in total. The van der Waals surface area contributed by atoms with Crippen LogP contribution < -0.4 is 0 Å². The predicted octanol–water partition coefficient (Wildman–Crippen LogP) is 2.81. The molecule has 1 unspecified atom stereocenters. The van der Waals surface area contributed by atoms with Crippen LogP contribution in [0.1, 0.15) is 29.3 Å². The van der Waals surface area contributed by atoms with Gasteiger partial charge in [-0.3, -0.25) is 4.79 Å². The van der Waals surface area contributed by atoms with E-state index in [0.717, 1.165) is 24.3 Å². The SMILES string of the molecule is COC(=O)CC(C)OC(=O)c1ccc(C(F)(F)F)cc1. The van der Waals surface area contributed by atoms with Gasteiger partial charge in [-0.15, -0.1) is 0 Å². The number of benzene rings is 1. The highest BCUT2D eigenvalue weighted by Gasteiger charge is 2.30. The lowest BCUT2D eigenvalue weighted by atomic mass is 10.1. The third-order valence-electron chi connectivity index (χ3n) is 2.44. The number of carbonyl (C=O) groups is 2. The third-order valence-corrected chi connectivity index (χ3v) is 2.44. The van der Waals surface area contributed by atoms with Gasteiger partial charge in [0.2, 0.25) is 0 Å². The van der Waals surface area contributed by atoms with Crippen LogP contribution >= 0.6 is 0 Å². The van der Waals surface area contributed by atoms with Gasteiger partial charge in [0.15, 0.2) is 0 Å². The van der Waals surface area contributed by atoms with Crippen LogP contribution in [0.3, 0.4) is 0 Å². The van der Waals surface area contributed by atoms with E-state index in [9.17, 15) is 22.8 Å². The lowest BCUT2D eigenvalue weighted by Gasteiger charge is -2.12. The van der Waals surface area contributed by atoms with Crippen LogP contribution in [0.5, 0.6) is 0 Å². The second kappa shape index (κ2) is 6.40. The summed E-state index contributed by atoms with van der Waals surface area (Å²) in [4.78, 5) is 22.6. The van der Waals surface area contributed by atoms with Crippen LogP contribution in [0, 0.1) is 0 Å². The molecule has 1 atom stereocenters. The average molecular weight is 290 g/mol. The van der Waals surface area contributed by atoms with Crippen molar-refractivity contribution >= 4 is 11.9 Å². The molecule has 20 heavy (non-hydrogen) atoms. The Balaban J connectivity index is 2.66. The van der Waals surface area contributed by atoms with E-state index in [1.165, 1.54) is 14.0 Å². The van der Waals surface area contributed by atoms with Crippen LogP contribution in [0.2, 0.25) is 0 Å². The zero-order chi connectivity index (χ0) is 15.3. The minimum Gasteiger partial charge on any atom is -0.469 e. The highest BCUT2D eigenvalue weighted by Crippen LogP contribution is 2.29. The molecule has 1 aromatic carbocycles. The molecule has 0 heterocycles. The molecule has 0 saturated heterocycles. The summed E-state index contributed by atoms with van der Waals surface area (Å²) in [6, 6.07) is 3.63. The monoisotopic (exact) mass is 290 g/mol. The van der Waals surface area contributed by atoms with Crippen molar-refractivity contribution in [2.45, 2.75) is 25.6 Å². The van der Waals surface area contributed by atoms with E-state index < -0.39 is 29.8 Å². The van der Waals surface area contributed by atoms with Gasteiger partial charge >= 0.3 is 18.1 Å². The molecular weight excluding hydrogens is 277 g/mol. The van der Waals surface area contributed by atoms with E-state index >= 15 is 0 Å². The van der Waals surface area contributed by atoms with Gasteiger partial charge in [-0.05, 0) is 31.2 Å². The smallest absolute Gasteiger partial charge is 0.416 e. The molecule has 0 aliphatic heterocycles. The van der Waals surface area contributed by atoms with E-state index in [-0.39, 0.29) is 12.0 Å². The van der Waals surface area contributed by atoms with Crippen LogP contribution in [0.15, 0.2) is 24.3 Å². The number of methoxy groups -OCH3 is 1. The van der Waals surface area contributed by atoms with E-state index in [1.807, 2.05) is 0 Å². The molecule has 1 aromatic rings. The van der Waals surface area contributed by atoms with Crippen LogP contribution in [0.25, 0.3) is 0 Å². The fourth-order valence-corrected chi connectivity index (χ4v) is 1.41. The second-order valence-electron chi connectivity index (χ2n) is 4.07. The quantitative estimate of drug-likeness (QED) is 0.800. The Morgan fingerprint density at radius 2 is 1.75 bits per heavy atom. The molecule has 0 aliphatic carbocycles. The van der Waals surface area contributed by atoms with Crippen molar-refractivity contribution in [3.8, 4) is 0 Å². The molecular formula is C13H13F3O4. The number of carbonyl (C=O) groups excluding carboxylic acids is 2. The lowest BCUT2D eigenvalue weighted by molar-refractivity contribution is -0.142. The maximum atomic E-state index is 12.3. The summed E-state index contributed by atoms with van der Waals surface area (Å²) in [6.07, 6.45) is -5.30. The minimum atomic E-state index is -4.46. The fraction of sp³-hybridized carbons (Fsp3) is 0.385. The molecule has 0 bridgehead atoms. The molecule has 1 rings (SSSR count). The summed E-state index contributed by atoms with van der Waals surface area (Å²) in [7, 11) is 1.20. The summed E-state index contributed by atoms with van der Waals surface area (Å²) < 4.78 is 46.4. The lowest BCUT2D eigenvalue weighted by Crippen LogP contribution is -2.19. The van der Waals surface area contributed by atoms with Gasteiger partial charge in [0.1, 0.15) is 6.10 Å². The first-order valence-corrected chi connectivity index (χ1v) is 5.69. The van der Waals surface area contributed by atoms with Crippen molar-refractivity contribution < 1.29 is 32.2 Å². The minimum absolute atomic E-state index is 0.0188. The van der Waals surface area contributed by atoms with Crippen LogP contribution in [-0.4, -0.2) is 25.2 Å². The van der Waals surface area contributed by atoms with E-state index in [0.29, 0.717) is 0 Å². The van der Waals surface area contributed by atoms with Crippen molar-refractivity contribution in [1.82, 2.24) is 0 Å². The number of hydrogen-bond donors (Lipinski definition) is 0. The van der Waals surface area contributed by atoms with Gasteiger partial charge in [0.25, 0.3) is 0 Å². The van der Waals surface area contributed by atoms with E-state index in [4.69, 9.17) is 4.74 Å². The van der Waals surface area contributed by atoms with Gasteiger partial charge in [-0.2, -0.15) is 13.2 Å². The second-order valence-corrected chi connectivity index (χ2v) is 4.07. The third kappa shape index (κ3) is 4.56. The average Bonchev–Trinajstić information content (AvgIpc) is 2.37. The Morgan fingerprint density at radius 1 is 1.20 bits per heavy atom. The summed E-state index contributed by atoms with van der Waals surface area (Å²) in [5, 5.41) is 0. The first-order chi connectivity index (χ1) is 9.24. The fourth-order valence-electron chi connectivity index (χ4n) is 1.41. The van der Waals surface area contributed by atoms with Crippen molar-refractivity contribution in [2.75, 3.05) is 7.11 Å². The number of hydrogen-bond acceptors (Lipinski definition) is 4. The van der Waals surface area contributed by atoms with Crippen LogP contribution in [0.4, 0.5) is 13.2 Å². The largest absolute Gasteiger partial charge is 0.469 e. The molecule has 0 aliphatic rings.